The molecule has 0 aliphatic carbocycles. The van der Waals surface area contributed by atoms with Crippen LogP contribution in [0.5, 0.6) is 5.75 Å². The van der Waals surface area contributed by atoms with Crippen molar-refractivity contribution in [2.45, 2.75) is 50.4 Å². The first kappa shape index (κ1) is 27.0. The Labute approximate surface area is 222 Å². The zero-order valence-corrected chi connectivity index (χ0v) is 21.9. The van der Waals surface area contributed by atoms with Gasteiger partial charge < -0.3 is 30.3 Å². The third kappa shape index (κ3) is 7.26. The van der Waals surface area contributed by atoms with Crippen LogP contribution in [0, 0.1) is 5.92 Å². The molecule has 4 rings (SSSR count). The van der Waals surface area contributed by atoms with Gasteiger partial charge in [-0.25, -0.2) is 4.79 Å². The van der Waals surface area contributed by atoms with Crippen molar-refractivity contribution in [1.29, 1.82) is 0 Å². The Kier molecular flexibility index (Phi) is 9.46. The van der Waals surface area contributed by atoms with E-state index in [1.807, 2.05) is 67.6 Å². The lowest BCUT2D eigenvalue weighted by molar-refractivity contribution is -0.268. The van der Waals surface area contributed by atoms with Crippen molar-refractivity contribution in [2.75, 3.05) is 12.3 Å². The molecule has 4 atom stereocenters. The molecule has 0 aromatic heterocycles. The fraction of sp³-hybridized carbons (Fsp3) is 0.345. The third-order valence-electron chi connectivity index (χ3n) is 6.42. The molecule has 1 heterocycles. The number of urea groups is 1. The summed E-state index contributed by atoms with van der Waals surface area (Å²) in [5.74, 6) is 1.06. The van der Waals surface area contributed by atoms with Gasteiger partial charge in [-0.2, -0.15) is 0 Å². The van der Waals surface area contributed by atoms with Gasteiger partial charge in [0.1, 0.15) is 5.75 Å². The molecule has 8 heteroatoms. The molecular formula is C29H34N2O5S. The Balaban J connectivity index is 1.50. The number of aliphatic hydroxyl groups is 1. The van der Waals surface area contributed by atoms with Crippen molar-refractivity contribution < 1.29 is 24.5 Å². The zero-order chi connectivity index (χ0) is 26.2. The quantitative estimate of drug-likeness (QED) is 0.285. The summed E-state index contributed by atoms with van der Waals surface area (Å²) in [5.41, 5.74) is 3.79. The molecule has 0 spiro atoms. The molecule has 37 heavy (non-hydrogen) atoms. The lowest BCUT2D eigenvalue weighted by Gasteiger charge is -2.41. The molecule has 0 saturated carbocycles. The van der Waals surface area contributed by atoms with Crippen molar-refractivity contribution in [2.24, 2.45) is 5.92 Å². The number of amides is 2. The van der Waals surface area contributed by atoms with Gasteiger partial charge in [-0.15, -0.1) is 11.8 Å². The fourth-order valence-electron chi connectivity index (χ4n) is 4.23. The lowest BCUT2D eigenvalue weighted by atomic mass is 9.91. The summed E-state index contributed by atoms with van der Waals surface area (Å²) in [5, 5.41) is 24.6. The van der Waals surface area contributed by atoms with Crippen LogP contribution in [0.3, 0.4) is 0 Å². The van der Waals surface area contributed by atoms with Gasteiger partial charge in [0.05, 0.1) is 18.8 Å². The van der Waals surface area contributed by atoms with Crippen LogP contribution < -0.4 is 10.6 Å². The van der Waals surface area contributed by atoms with E-state index in [1.165, 1.54) is 0 Å². The number of benzene rings is 3. The number of aliphatic hydroxyl groups excluding tert-OH is 1. The zero-order valence-electron chi connectivity index (χ0n) is 21.1. The van der Waals surface area contributed by atoms with E-state index in [0.717, 1.165) is 32.9 Å². The van der Waals surface area contributed by atoms with E-state index in [-0.39, 0.29) is 36.5 Å². The highest BCUT2D eigenvalue weighted by Gasteiger charge is 2.38. The number of ether oxygens (including phenoxy) is 2. The molecular weight excluding hydrogens is 488 g/mol. The molecule has 1 saturated heterocycles. The van der Waals surface area contributed by atoms with Crippen LogP contribution in [0.2, 0.25) is 0 Å². The van der Waals surface area contributed by atoms with Gasteiger partial charge in [0, 0.05) is 35.2 Å². The minimum absolute atomic E-state index is 0.000296. The van der Waals surface area contributed by atoms with Crippen molar-refractivity contribution >= 4 is 17.8 Å². The lowest BCUT2D eigenvalue weighted by Crippen LogP contribution is -2.38. The van der Waals surface area contributed by atoms with Gasteiger partial charge in [-0.3, -0.25) is 0 Å². The van der Waals surface area contributed by atoms with E-state index in [9.17, 15) is 15.0 Å². The highest BCUT2D eigenvalue weighted by atomic mass is 32.2. The fourth-order valence-corrected chi connectivity index (χ4v) is 5.30. The Morgan fingerprint density at radius 3 is 2.19 bits per heavy atom. The van der Waals surface area contributed by atoms with Crippen LogP contribution in [0.15, 0.2) is 77.7 Å². The number of thioether (sulfide) groups is 1. The molecule has 0 radical (unpaired) electrons. The second-order valence-corrected chi connectivity index (χ2v) is 10.2. The van der Waals surface area contributed by atoms with E-state index >= 15 is 0 Å². The number of carbonyl (C=O) groups is 1. The summed E-state index contributed by atoms with van der Waals surface area (Å²) in [4.78, 5) is 12.8. The number of phenols is 1. The summed E-state index contributed by atoms with van der Waals surface area (Å²) >= 11 is 1.68. The monoisotopic (exact) mass is 522 g/mol. The van der Waals surface area contributed by atoms with E-state index in [4.69, 9.17) is 9.47 Å². The van der Waals surface area contributed by atoms with Crippen molar-refractivity contribution in [3.05, 3.63) is 95.1 Å². The number of rotatable bonds is 9. The molecule has 1 aliphatic rings. The molecule has 4 N–H and O–H groups in total. The van der Waals surface area contributed by atoms with Crippen LogP contribution in [-0.2, 0) is 22.6 Å². The normalized spacial score (nSPS) is 21.4. The van der Waals surface area contributed by atoms with E-state index in [0.29, 0.717) is 13.1 Å². The first-order valence-electron chi connectivity index (χ1n) is 12.5. The third-order valence-corrected chi connectivity index (χ3v) is 7.52. The first-order chi connectivity index (χ1) is 18.0. The van der Waals surface area contributed by atoms with E-state index in [2.05, 4.69) is 17.6 Å². The Bertz CT molecular complexity index is 1140. The molecule has 3 aromatic rings. The minimum Gasteiger partial charge on any atom is -0.508 e. The van der Waals surface area contributed by atoms with Crippen LogP contribution in [0.25, 0.3) is 0 Å². The molecule has 3 aromatic carbocycles. The predicted octanol–water partition coefficient (Wildman–Crippen LogP) is 5.29. The molecule has 4 unspecified atom stereocenters. The maximum atomic E-state index is 11.7. The van der Waals surface area contributed by atoms with Crippen molar-refractivity contribution in [3.8, 4) is 5.75 Å². The number of phenolic OH excluding ortho intramolecular Hbond substituents is 1. The van der Waals surface area contributed by atoms with E-state index in [1.54, 1.807) is 23.9 Å². The SMILES string of the molecule is CCNC(=O)NCc1ccc(C2OC(CSc3ccc(O)cc3)C(C)C(c3ccc(CO)cc3)O2)cc1. The molecule has 7 nitrogen and oxygen atoms in total. The summed E-state index contributed by atoms with van der Waals surface area (Å²) in [7, 11) is 0. The first-order valence-corrected chi connectivity index (χ1v) is 13.5. The van der Waals surface area contributed by atoms with Crippen LogP contribution >= 0.6 is 11.8 Å². The van der Waals surface area contributed by atoms with Gasteiger partial charge in [0.25, 0.3) is 0 Å². The maximum absolute atomic E-state index is 11.7. The van der Waals surface area contributed by atoms with Gasteiger partial charge >= 0.3 is 6.03 Å². The maximum Gasteiger partial charge on any atom is 0.315 e. The predicted molar refractivity (Wildman–Crippen MR) is 144 cm³/mol. The number of carbonyl (C=O) groups excluding carboxylic acids is 1. The largest absolute Gasteiger partial charge is 0.508 e. The summed E-state index contributed by atoms with van der Waals surface area (Å²) in [6, 6.07) is 22.7. The standard InChI is InChI=1S/C29H34N2O5S/c1-3-30-29(34)31-16-20-4-10-23(11-5-20)28-35-26(18-37-25-14-12-24(33)13-15-25)19(2)27(36-28)22-8-6-21(17-32)7-9-22/h4-15,19,26-28,32-33H,3,16-18H2,1-2H3,(H2,30,31,34). The highest BCUT2D eigenvalue weighted by molar-refractivity contribution is 7.99. The number of nitrogens with one attached hydrogen (secondary N) is 2. The van der Waals surface area contributed by atoms with Gasteiger partial charge in [-0.1, -0.05) is 55.5 Å². The Morgan fingerprint density at radius 1 is 0.892 bits per heavy atom. The molecule has 2 amide bonds. The Hall–Kier alpha value is -3.04. The van der Waals surface area contributed by atoms with Crippen LogP contribution in [0.1, 0.15) is 48.5 Å². The smallest absolute Gasteiger partial charge is 0.315 e. The van der Waals surface area contributed by atoms with Crippen molar-refractivity contribution in [1.82, 2.24) is 10.6 Å². The molecule has 0 bridgehead atoms. The minimum atomic E-state index is -0.547. The average Bonchev–Trinajstić information content (AvgIpc) is 2.93. The number of aromatic hydroxyl groups is 1. The molecule has 1 fully saturated rings. The van der Waals surface area contributed by atoms with E-state index < -0.39 is 6.29 Å². The number of hydrogen-bond donors (Lipinski definition) is 4. The second-order valence-electron chi connectivity index (χ2n) is 9.08. The summed E-state index contributed by atoms with van der Waals surface area (Å²) < 4.78 is 13.0. The van der Waals surface area contributed by atoms with Gasteiger partial charge in [0.2, 0.25) is 0 Å². The molecule has 196 valence electrons. The van der Waals surface area contributed by atoms with Crippen LogP contribution in [-0.4, -0.2) is 34.6 Å². The molecule has 1 aliphatic heterocycles. The van der Waals surface area contributed by atoms with Gasteiger partial charge in [-0.05, 0) is 47.9 Å². The summed E-state index contributed by atoms with van der Waals surface area (Å²) in [6.07, 6.45) is -0.815. The highest BCUT2D eigenvalue weighted by Crippen LogP contribution is 2.43. The second kappa shape index (κ2) is 13.0. The van der Waals surface area contributed by atoms with Gasteiger partial charge in [0.15, 0.2) is 6.29 Å². The van der Waals surface area contributed by atoms with Crippen molar-refractivity contribution in [3.63, 3.8) is 0 Å². The summed E-state index contributed by atoms with van der Waals surface area (Å²) in [6.45, 7) is 5.03. The number of hydrogen-bond acceptors (Lipinski definition) is 6. The van der Waals surface area contributed by atoms with Crippen LogP contribution in [0.4, 0.5) is 4.79 Å². The average molecular weight is 523 g/mol. The Morgan fingerprint density at radius 2 is 1.54 bits per heavy atom. The topological polar surface area (TPSA) is 100 Å².